The molecule has 0 aromatic rings. The van der Waals surface area contributed by atoms with Gasteiger partial charge in [0.2, 0.25) is 0 Å². The van der Waals surface area contributed by atoms with Gasteiger partial charge in [-0.05, 0) is 18.8 Å². The quantitative estimate of drug-likeness (QED) is 0.559. The lowest BCUT2D eigenvalue weighted by Gasteiger charge is -2.33. The largest absolute Gasteiger partial charge is 0.303 e. The van der Waals surface area contributed by atoms with Crippen LogP contribution in [0, 0.1) is 11.3 Å². The zero-order chi connectivity index (χ0) is 8.32. The highest BCUT2D eigenvalue weighted by Gasteiger charge is 2.30. The lowest BCUT2D eigenvalue weighted by Crippen LogP contribution is -2.26. The Balaban J connectivity index is 2.51. The molecule has 0 radical (unpaired) electrons. The van der Waals surface area contributed by atoms with Gasteiger partial charge in [-0.25, -0.2) is 0 Å². The van der Waals surface area contributed by atoms with Crippen LogP contribution in [-0.4, -0.2) is 6.29 Å². The van der Waals surface area contributed by atoms with E-state index in [2.05, 4.69) is 13.8 Å². The summed E-state index contributed by atoms with van der Waals surface area (Å²) < 4.78 is 0. The first kappa shape index (κ1) is 8.76. The fourth-order valence-electron chi connectivity index (χ4n) is 2.11. The Kier molecular flexibility index (Phi) is 2.69. The van der Waals surface area contributed by atoms with Crippen LogP contribution in [0.1, 0.15) is 46.0 Å². The molecule has 1 saturated carbocycles. The predicted octanol–water partition coefficient (Wildman–Crippen LogP) is 2.79. The normalized spacial score (nSPS) is 38.5. The monoisotopic (exact) mass is 154 g/mol. The van der Waals surface area contributed by atoms with Crippen LogP contribution in [0.5, 0.6) is 0 Å². The third-order valence-corrected chi connectivity index (χ3v) is 2.98. The van der Waals surface area contributed by atoms with Gasteiger partial charge in [0.15, 0.2) is 0 Å². The Hall–Kier alpha value is -0.330. The van der Waals surface area contributed by atoms with E-state index < -0.39 is 0 Å². The molecular formula is C10H18O. The standard InChI is InChI=1S/C10H18O/c1-3-9-5-4-6-10(2,7-9)8-11/h8-9H,3-7H2,1-2H3. The summed E-state index contributed by atoms with van der Waals surface area (Å²) in [6, 6.07) is 0. The minimum Gasteiger partial charge on any atom is -0.303 e. The number of carbonyl (C=O) groups is 1. The van der Waals surface area contributed by atoms with Crippen LogP contribution in [0.2, 0.25) is 0 Å². The van der Waals surface area contributed by atoms with Gasteiger partial charge in [0, 0.05) is 5.41 Å². The van der Waals surface area contributed by atoms with Crippen molar-refractivity contribution in [2.75, 3.05) is 0 Å². The van der Waals surface area contributed by atoms with Crippen molar-refractivity contribution in [3.63, 3.8) is 0 Å². The minimum absolute atomic E-state index is 0.0128. The lowest BCUT2D eigenvalue weighted by atomic mass is 9.71. The van der Waals surface area contributed by atoms with Crippen molar-refractivity contribution in [1.82, 2.24) is 0 Å². The van der Waals surface area contributed by atoms with Crippen molar-refractivity contribution >= 4 is 6.29 Å². The van der Waals surface area contributed by atoms with E-state index >= 15 is 0 Å². The molecule has 1 rings (SSSR count). The van der Waals surface area contributed by atoms with E-state index in [1.54, 1.807) is 0 Å². The summed E-state index contributed by atoms with van der Waals surface area (Å²) in [5.74, 6) is 0.805. The molecule has 1 heteroatoms. The van der Waals surface area contributed by atoms with E-state index in [9.17, 15) is 4.79 Å². The van der Waals surface area contributed by atoms with Gasteiger partial charge in [0.1, 0.15) is 6.29 Å². The summed E-state index contributed by atoms with van der Waals surface area (Å²) in [5, 5.41) is 0. The highest BCUT2D eigenvalue weighted by molar-refractivity contribution is 5.58. The smallest absolute Gasteiger partial charge is 0.125 e. The Labute approximate surface area is 69.2 Å². The maximum Gasteiger partial charge on any atom is 0.125 e. The van der Waals surface area contributed by atoms with E-state index in [-0.39, 0.29) is 5.41 Å². The van der Waals surface area contributed by atoms with Crippen LogP contribution in [-0.2, 0) is 4.79 Å². The second kappa shape index (κ2) is 3.38. The van der Waals surface area contributed by atoms with Crippen LogP contribution >= 0.6 is 0 Å². The molecule has 0 aromatic heterocycles. The third kappa shape index (κ3) is 2.05. The summed E-state index contributed by atoms with van der Waals surface area (Å²) in [7, 11) is 0. The molecule has 1 fully saturated rings. The van der Waals surface area contributed by atoms with Gasteiger partial charge in [-0.15, -0.1) is 0 Å². The zero-order valence-corrected chi connectivity index (χ0v) is 7.60. The lowest BCUT2D eigenvalue weighted by molar-refractivity contribution is -0.117. The van der Waals surface area contributed by atoms with Crippen molar-refractivity contribution in [3.05, 3.63) is 0 Å². The fraction of sp³-hybridized carbons (Fsp3) is 0.900. The maximum absolute atomic E-state index is 10.7. The van der Waals surface area contributed by atoms with Crippen molar-refractivity contribution in [1.29, 1.82) is 0 Å². The summed E-state index contributed by atoms with van der Waals surface area (Å²) in [6.45, 7) is 4.32. The number of carbonyl (C=O) groups excluding carboxylic acids is 1. The average Bonchev–Trinajstić information content (AvgIpc) is 2.05. The first-order valence-corrected chi connectivity index (χ1v) is 4.66. The molecule has 0 bridgehead atoms. The van der Waals surface area contributed by atoms with Crippen LogP contribution < -0.4 is 0 Å². The highest BCUT2D eigenvalue weighted by atomic mass is 16.1. The first-order valence-electron chi connectivity index (χ1n) is 4.66. The second-order valence-corrected chi connectivity index (χ2v) is 4.14. The molecule has 2 atom stereocenters. The number of rotatable bonds is 2. The SMILES string of the molecule is CCC1CCCC(C)(C=O)C1. The number of hydrogen-bond donors (Lipinski definition) is 0. The Bertz CT molecular complexity index is 142. The van der Waals surface area contributed by atoms with Gasteiger partial charge >= 0.3 is 0 Å². The molecule has 2 unspecified atom stereocenters. The predicted molar refractivity (Wildman–Crippen MR) is 46.4 cm³/mol. The summed E-state index contributed by atoms with van der Waals surface area (Å²) in [5.41, 5.74) is 0.0128. The molecule has 0 heterocycles. The molecular weight excluding hydrogens is 136 g/mol. The molecule has 0 N–H and O–H groups in total. The van der Waals surface area contributed by atoms with Crippen molar-refractivity contribution in [2.45, 2.75) is 46.0 Å². The van der Waals surface area contributed by atoms with Gasteiger partial charge in [0.05, 0.1) is 0 Å². The molecule has 0 amide bonds. The Morgan fingerprint density at radius 2 is 2.36 bits per heavy atom. The zero-order valence-electron chi connectivity index (χ0n) is 7.60. The molecule has 0 saturated heterocycles. The molecule has 0 spiro atoms. The first-order chi connectivity index (χ1) is 5.20. The minimum atomic E-state index is 0.0128. The summed E-state index contributed by atoms with van der Waals surface area (Å²) >= 11 is 0. The van der Waals surface area contributed by atoms with Crippen LogP contribution in [0.25, 0.3) is 0 Å². The average molecular weight is 154 g/mol. The van der Waals surface area contributed by atoms with Gasteiger partial charge in [-0.1, -0.05) is 33.1 Å². The summed E-state index contributed by atoms with van der Waals surface area (Å²) in [4.78, 5) is 10.7. The molecule has 64 valence electrons. The van der Waals surface area contributed by atoms with Crippen molar-refractivity contribution < 1.29 is 4.79 Å². The van der Waals surface area contributed by atoms with Gasteiger partial charge in [-0.3, -0.25) is 0 Å². The van der Waals surface area contributed by atoms with E-state index in [0.717, 1.165) is 25.0 Å². The number of aldehydes is 1. The van der Waals surface area contributed by atoms with Gasteiger partial charge in [0.25, 0.3) is 0 Å². The van der Waals surface area contributed by atoms with E-state index in [0.29, 0.717) is 0 Å². The third-order valence-electron chi connectivity index (χ3n) is 2.98. The fourth-order valence-corrected chi connectivity index (χ4v) is 2.11. The topological polar surface area (TPSA) is 17.1 Å². The van der Waals surface area contributed by atoms with E-state index in [1.165, 1.54) is 19.3 Å². The number of hydrogen-bond acceptors (Lipinski definition) is 1. The highest BCUT2D eigenvalue weighted by Crippen LogP contribution is 2.38. The molecule has 1 aliphatic rings. The molecule has 0 aliphatic heterocycles. The van der Waals surface area contributed by atoms with Crippen LogP contribution in [0.4, 0.5) is 0 Å². The van der Waals surface area contributed by atoms with Crippen LogP contribution in [0.3, 0.4) is 0 Å². The molecule has 1 nitrogen and oxygen atoms in total. The van der Waals surface area contributed by atoms with Crippen LogP contribution in [0.15, 0.2) is 0 Å². The molecule has 1 aliphatic carbocycles. The second-order valence-electron chi connectivity index (χ2n) is 4.14. The van der Waals surface area contributed by atoms with Gasteiger partial charge < -0.3 is 4.79 Å². The maximum atomic E-state index is 10.7. The molecule has 0 aromatic carbocycles. The molecule has 11 heavy (non-hydrogen) atoms. The Morgan fingerprint density at radius 1 is 1.64 bits per heavy atom. The van der Waals surface area contributed by atoms with Crippen molar-refractivity contribution in [2.24, 2.45) is 11.3 Å². The van der Waals surface area contributed by atoms with E-state index in [4.69, 9.17) is 0 Å². The van der Waals surface area contributed by atoms with E-state index in [1.807, 2.05) is 0 Å². The van der Waals surface area contributed by atoms with Crippen molar-refractivity contribution in [3.8, 4) is 0 Å². The summed E-state index contributed by atoms with van der Waals surface area (Å²) in [6.07, 6.45) is 7.20. The Morgan fingerprint density at radius 3 is 2.91 bits per heavy atom. The van der Waals surface area contributed by atoms with Gasteiger partial charge in [-0.2, -0.15) is 0 Å².